The van der Waals surface area contributed by atoms with Crippen LogP contribution in [0, 0.1) is 0 Å². The third-order valence-corrected chi connectivity index (χ3v) is 8.93. The summed E-state index contributed by atoms with van der Waals surface area (Å²) < 4.78 is 2.89. The summed E-state index contributed by atoms with van der Waals surface area (Å²) in [6.45, 7) is 5.01. The quantitative estimate of drug-likeness (QED) is 0.301. The first kappa shape index (κ1) is 18.0. The van der Waals surface area contributed by atoms with Gasteiger partial charge in [-0.05, 0) is 76.4 Å². The Morgan fingerprint density at radius 2 is 1.48 bits per heavy atom. The van der Waals surface area contributed by atoms with E-state index in [1.807, 2.05) is 11.3 Å². The molecular weight excluding hydrogens is 419 g/mol. The maximum absolute atomic E-state index is 2.60. The summed E-state index contributed by atoms with van der Waals surface area (Å²) in [5, 5.41) is 1.40. The topological polar surface area (TPSA) is 6.48 Å². The van der Waals surface area contributed by atoms with Crippen LogP contribution in [0.25, 0.3) is 21.2 Å². The van der Waals surface area contributed by atoms with Crippen LogP contribution < -0.4 is 25.5 Å². The molecule has 0 fully saturated rings. The molecule has 0 saturated heterocycles. The van der Waals surface area contributed by atoms with Crippen molar-refractivity contribution in [3.63, 3.8) is 0 Å². The first-order chi connectivity index (χ1) is 16.2. The lowest BCUT2D eigenvalue weighted by Crippen LogP contribution is -2.58. The van der Waals surface area contributed by atoms with Crippen LogP contribution in [0.3, 0.4) is 0 Å². The van der Waals surface area contributed by atoms with Gasteiger partial charge in [0.05, 0.1) is 11.4 Å². The number of benzene rings is 4. The van der Waals surface area contributed by atoms with Gasteiger partial charge in [-0.25, -0.2) is 0 Å². The molecule has 0 bridgehead atoms. The minimum absolute atomic E-state index is 0.224. The fourth-order valence-corrected chi connectivity index (χ4v) is 7.91. The summed E-state index contributed by atoms with van der Waals surface area (Å²) in [6.07, 6.45) is 0. The second kappa shape index (κ2) is 5.89. The van der Waals surface area contributed by atoms with Crippen molar-refractivity contribution >= 4 is 66.6 Å². The summed E-state index contributed by atoms with van der Waals surface area (Å²) >= 11 is 1.97. The van der Waals surface area contributed by atoms with Gasteiger partial charge >= 0.3 is 0 Å². The molecule has 4 heterocycles. The predicted octanol–water partition coefficient (Wildman–Crippen LogP) is 5.74. The smallest absolute Gasteiger partial charge is 0.260 e. The highest BCUT2D eigenvalue weighted by Crippen LogP contribution is 2.54. The highest BCUT2D eigenvalue weighted by atomic mass is 32.1. The van der Waals surface area contributed by atoms with Crippen LogP contribution in [-0.2, 0) is 0 Å². The third-order valence-electron chi connectivity index (χ3n) is 7.70. The minimum Gasteiger partial charge on any atom is -0.317 e. The Balaban J connectivity index is 1.49. The lowest BCUT2D eigenvalue weighted by molar-refractivity contribution is 0.541. The molecule has 0 radical (unpaired) electrons. The van der Waals surface area contributed by atoms with Gasteiger partial charge in [0.25, 0.3) is 6.71 Å². The van der Waals surface area contributed by atoms with Crippen molar-refractivity contribution in [2.75, 3.05) is 9.80 Å². The molecule has 0 N–H and O–H groups in total. The largest absolute Gasteiger partial charge is 0.317 e. The lowest BCUT2D eigenvalue weighted by Gasteiger charge is -2.43. The summed E-state index contributed by atoms with van der Waals surface area (Å²) in [6, 6.07) is 33.6. The third kappa shape index (κ3) is 2.02. The van der Waals surface area contributed by atoms with Crippen LogP contribution in [0.2, 0.25) is 0 Å². The van der Waals surface area contributed by atoms with E-state index in [-0.39, 0.29) is 5.66 Å². The Kier molecular flexibility index (Phi) is 3.21. The van der Waals surface area contributed by atoms with Gasteiger partial charge in [0, 0.05) is 16.1 Å². The SMILES string of the molecule is CC1(C)N(c2ccccc2)c2cccc3c2N1c1cccc2c1B3c1sc3ccccc3c1-2. The van der Waals surface area contributed by atoms with Gasteiger partial charge in [0.1, 0.15) is 5.66 Å². The van der Waals surface area contributed by atoms with Crippen LogP contribution in [0.1, 0.15) is 13.8 Å². The lowest BCUT2D eigenvalue weighted by atomic mass is 9.39. The van der Waals surface area contributed by atoms with E-state index < -0.39 is 0 Å². The van der Waals surface area contributed by atoms with Crippen LogP contribution >= 0.6 is 11.3 Å². The molecule has 3 aliphatic rings. The van der Waals surface area contributed by atoms with Gasteiger partial charge in [-0.15, -0.1) is 11.3 Å². The van der Waals surface area contributed by atoms with E-state index in [1.54, 1.807) is 0 Å². The summed E-state index contributed by atoms with van der Waals surface area (Å²) in [4.78, 5) is 5.11. The van der Waals surface area contributed by atoms with Crippen molar-refractivity contribution in [2.45, 2.75) is 19.5 Å². The molecule has 0 unspecified atom stereocenters. The summed E-state index contributed by atoms with van der Waals surface area (Å²) in [7, 11) is 0. The fourth-order valence-electron chi connectivity index (χ4n) is 6.56. The van der Waals surface area contributed by atoms with Crippen molar-refractivity contribution < 1.29 is 0 Å². The molecule has 156 valence electrons. The van der Waals surface area contributed by atoms with Gasteiger partial charge in [-0.2, -0.15) is 0 Å². The average molecular weight is 440 g/mol. The number of fused-ring (bicyclic) bond motifs is 7. The van der Waals surface area contributed by atoms with Crippen LogP contribution in [-0.4, -0.2) is 12.4 Å². The van der Waals surface area contributed by atoms with Crippen molar-refractivity contribution in [3.05, 3.63) is 91.0 Å². The normalized spacial score (nSPS) is 16.2. The van der Waals surface area contributed by atoms with E-state index >= 15 is 0 Å². The maximum atomic E-state index is 2.60. The second-order valence-corrected chi connectivity index (χ2v) is 10.8. The molecule has 33 heavy (non-hydrogen) atoms. The van der Waals surface area contributed by atoms with Crippen molar-refractivity contribution in [1.29, 1.82) is 0 Å². The van der Waals surface area contributed by atoms with Gasteiger partial charge in [-0.1, -0.05) is 60.7 Å². The Morgan fingerprint density at radius 1 is 0.727 bits per heavy atom. The molecule has 8 rings (SSSR count). The monoisotopic (exact) mass is 440 g/mol. The number of hydrogen-bond acceptors (Lipinski definition) is 3. The highest BCUT2D eigenvalue weighted by molar-refractivity contribution is 7.34. The number of anilines is 4. The molecule has 0 saturated carbocycles. The maximum Gasteiger partial charge on any atom is 0.260 e. The standard InChI is InChI=1S/C29H21BN2S/c1-29(2)31(18-10-4-3-5-11-18)23-16-9-14-21-27(23)32(29)22-15-8-13-20-25-19-12-6-7-17-24(19)33-28(25)30(21)26(20)22/h3-17H,1-2H3. The van der Waals surface area contributed by atoms with E-state index in [0.717, 1.165) is 0 Å². The highest BCUT2D eigenvalue weighted by Gasteiger charge is 2.53. The molecule has 3 aliphatic heterocycles. The van der Waals surface area contributed by atoms with E-state index in [1.165, 1.54) is 59.7 Å². The number of hydrogen-bond donors (Lipinski definition) is 0. The minimum atomic E-state index is -0.224. The van der Waals surface area contributed by atoms with Crippen molar-refractivity contribution in [3.8, 4) is 11.1 Å². The number of rotatable bonds is 1. The second-order valence-electron chi connectivity index (χ2n) is 9.72. The molecule has 2 nitrogen and oxygen atoms in total. The molecule has 5 aromatic rings. The first-order valence-electron chi connectivity index (χ1n) is 11.6. The number of nitrogens with zero attached hydrogens (tertiary/aromatic N) is 2. The molecule has 4 aromatic carbocycles. The first-order valence-corrected chi connectivity index (χ1v) is 12.4. The Bertz CT molecular complexity index is 1620. The predicted molar refractivity (Wildman–Crippen MR) is 143 cm³/mol. The van der Waals surface area contributed by atoms with E-state index in [9.17, 15) is 0 Å². The average Bonchev–Trinajstić information content (AvgIpc) is 3.44. The number of thiophene rings is 1. The van der Waals surface area contributed by atoms with Crippen LogP contribution in [0.5, 0.6) is 0 Å². The van der Waals surface area contributed by atoms with Crippen LogP contribution in [0.15, 0.2) is 91.0 Å². The Morgan fingerprint density at radius 3 is 2.36 bits per heavy atom. The summed E-state index contributed by atoms with van der Waals surface area (Å²) in [5.41, 5.74) is 10.8. The van der Waals surface area contributed by atoms with Gasteiger partial charge in [0.2, 0.25) is 0 Å². The molecule has 0 amide bonds. The molecular formula is C29H21BN2S. The zero-order valence-corrected chi connectivity index (χ0v) is 19.4. The molecule has 4 heteroatoms. The molecule has 0 atom stereocenters. The van der Waals surface area contributed by atoms with Crippen molar-refractivity contribution in [2.24, 2.45) is 0 Å². The van der Waals surface area contributed by atoms with Crippen LogP contribution in [0.4, 0.5) is 22.7 Å². The molecule has 0 spiro atoms. The molecule has 1 aromatic heterocycles. The van der Waals surface area contributed by atoms with Gasteiger partial charge in [-0.3, -0.25) is 0 Å². The number of para-hydroxylation sites is 2. The molecule has 0 aliphatic carbocycles. The van der Waals surface area contributed by atoms with E-state index in [2.05, 4.69) is 115 Å². The van der Waals surface area contributed by atoms with Gasteiger partial charge < -0.3 is 9.80 Å². The fraction of sp³-hybridized carbons (Fsp3) is 0.103. The van der Waals surface area contributed by atoms with Crippen molar-refractivity contribution in [1.82, 2.24) is 0 Å². The van der Waals surface area contributed by atoms with E-state index in [4.69, 9.17) is 0 Å². The summed E-state index contributed by atoms with van der Waals surface area (Å²) in [5.74, 6) is 0. The Labute approximate surface area is 197 Å². The Hall–Kier alpha value is -3.50. The van der Waals surface area contributed by atoms with Gasteiger partial charge in [0.15, 0.2) is 0 Å². The zero-order valence-electron chi connectivity index (χ0n) is 18.5. The van der Waals surface area contributed by atoms with E-state index in [0.29, 0.717) is 6.71 Å². The zero-order chi connectivity index (χ0) is 21.9.